The standard InChI is InChI=1S/C20H24N6O3/c1-24(2)12-16-17(13-10-21-25(3)11-13)26(8-9-29-16)20(28)18-22-15-7-5-4-6-14(15)19(27)23-18/h4-7,10-11,16-17H,8-9,12H2,1-3H3,(H,22,23,27)/t16-,17-/m0/s1. The van der Waals surface area contributed by atoms with Crippen LogP contribution in [-0.2, 0) is 11.8 Å². The number of hydrogen-bond acceptors (Lipinski definition) is 6. The molecule has 152 valence electrons. The van der Waals surface area contributed by atoms with Gasteiger partial charge in [-0.15, -0.1) is 0 Å². The molecule has 2 atom stereocenters. The number of likely N-dealkylation sites (N-methyl/N-ethyl adjacent to an activating group) is 1. The molecule has 1 aliphatic heterocycles. The van der Waals surface area contributed by atoms with Crippen molar-refractivity contribution in [3.8, 4) is 0 Å². The van der Waals surface area contributed by atoms with E-state index in [1.807, 2.05) is 32.2 Å². The van der Waals surface area contributed by atoms with Crippen LogP contribution in [0.1, 0.15) is 22.2 Å². The first kappa shape index (κ1) is 19.3. The third kappa shape index (κ3) is 3.79. The molecule has 3 heterocycles. The van der Waals surface area contributed by atoms with Gasteiger partial charge >= 0.3 is 0 Å². The van der Waals surface area contributed by atoms with Crippen molar-refractivity contribution in [2.45, 2.75) is 12.1 Å². The van der Waals surface area contributed by atoms with Crippen LogP contribution >= 0.6 is 0 Å². The van der Waals surface area contributed by atoms with Gasteiger partial charge in [0.25, 0.3) is 11.5 Å². The molecule has 3 aromatic rings. The topological polar surface area (TPSA) is 96.3 Å². The first-order valence-electron chi connectivity index (χ1n) is 9.49. The number of aromatic amines is 1. The third-order valence-electron chi connectivity index (χ3n) is 5.04. The lowest BCUT2D eigenvalue weighted by Crippen LogP contribution is -2.51. The molecule has 0 spiro atoms. The summed E-state index contributed by atoms with van der Waals surface area (Å²) in [6.07, 6.45) is 3.41. The Hall–Kier alpha value is -3.04. The fourth-order valence-electron chi connectivity index (χ4n) is 3.78. The minimum Gasteiger partial charge on any atom is -0.373 e. The van der Waals surface area contributed by atoms with E-state index < -0.39 is 0 Å². The summed E-state index contributed by atoms with van der Waals surface area (Å²) in [4.78, 5) is 36.7. The van der Waals surface area contributed by atoms with E-state index in [1.165, 1.54) is 0 Å². The van der Waals surface area contributed by atoms with Crippen molar-refractivity contribution in [1.82, 2.24) is 29.5 Å². The van der Waals surface area contributed by atoms with E-state index in [2.05, 4.69) is 15.1 Å². The molecule has 9 heteroatoms. The van der Waals surface area contributed by atoms with Crippen LogP contribution in [0.5, 0.6) is 0 Å². The van der Waals surface area contributed by atoms with Gasteiger partial charge in [-0.2, -0.15) is 5.10 Å². The Kier molecular flexibility index (Phi) is 5.16. The van der Waals surface area contributed by atoms with Gasteiger partial charge < -0.3 is 19.5 Å². The van der Waals surface area contributed by atoms with E-state index in [9.17, 15) is 9.59 Å². The molecule has 1 N–H and O–H groups in total. The molecule has 0 saturated carbocycles. The van der Waals surface area contributed by atoms with Crippen LogP contribution in [0.15, 0.2) is 41.5 Å². The summed E-state index contributed by atoms with van der Waals surface area (Å²) in [5.41, 5.74) is 1.06. The Morgan fingerprint density at radius 3 is 2.86 bits per heavy atom. The number of aromatic nitrogens is 4. The van der Waals surface area contributed by atoms with Gasteiger partial charge in [0, 0.05) is 31.9 Å². The zero-order valence-electron chi connectivity index (χ0n) is 16.7. The number of H-pyrrole nitrogens is 1. The van der Waals surface area contributed by atoms with E-state index in [0.717, 1.165) is 5.56 Å². The molecule has 29 heavy (non-hydrogen) atoms. The molecule has 0 radical (unpaired) electrons. The van der Waals surface area contributed by atoms with Crippen LogP contribution in [0, 0.1) is 0 Å². The highest BCUT2D eigenvalue weighted by Crippen LogP contribution is 2.30. The van der Waals surface area contributed by atoms with Crippen LogP contribution < -0.4 is 5.56 Å². The maximum Gasteiger partial charge on any atom is 0.290 e. The minimum atomic E-state index is -0.330. The summed E-state index contributed by atoms with van der Waals surface area (Å²) >= 11 is 0. The van der Waals surface area contributed by atoms with Crippen molar-refractivity contribution in [1.29, 1.82) is 0 Å². The summed E-state index contributed by atoms with van der Waals surface area (Å²) in [6, 6.07) is 6.66. The van der Waals surface area contributed by atoms with E-state index in [4.69, 9.17) is 4.74 Å². The monoisotopic (exact) mass is 396 g/mol. The maximum absolute atomic E-state index is 13.4. The van der Waals surface area contributed by atoms with Crippen LogP contribution in [0.25, 0.3) is 10.9 Å². The van der Waals surface area contributed by atoms with E-state index in [0.29, 0.717) is 30.6 Å². The minimum absolute atomic E-state index is 0.0353. The number of carbonyl (C=O) groups is 1. The predicted octanol–water partition coefficient (Wildman–Crippen LogP) is 0.800. The zero-order chi connectivity index (χ0) is 20.5. The summed E-state index contributed by atoms with van der Waals surface area (Å²) in [6.45, 7) is 1.46. The van der Waals surface area contributed by atoms with Crippen molar-refractivity contribution < 1.29 is 9.53 Å². The average molecular weight is 396 g/mol. The van der Waals surface area contributed by atoms with Gasteiger partial charge in [-0.1, -0.05) is 12.1 Å². The molecule has 0 unspecified atom stereocenters. The normalized spacial score (nSPS) is 19.8. The zero-order valence-corrected chi connectivity index (χ0v) is 16.7. The second kappa shape index (κ2) is 7.76. The lowest BCUT2D eigenvalue weighted by Gasteiger charge is -2.41. The molecular formula is C20H24N6O3. The van der Waals surface area contributed by atoms with Crippen molar-refractivity contribution >= 4 is 16.8 Å². The number of benzene rings is 1. The predicted molar refractivity (Wildman–Crippen MR) is 108 cm³/mol. The smallest absolute Gasteiger partial charge is 0.290 e. The lowest BCUT2D eigenvalue weighted by molar-refractivity contribution is -0.0687. The highest BCUT2D eigenvalue weighted by molar-refractivity contribution is 5.93. The van der Waals surface area contributed by atoms with Crippen LogP contribution in [-0.4, -0.2) is 75.4 Å². The number of nitrogens with one attached hydrogen (secondary N) is 1. The Morgan fingerprint density at radius 1 is 1.34 bits per heavy atom. The van der Waals surface area contributed by atoms with Crippen LogP contribution in [0.2, 0.25) is 0 Å². The number of amides is 1. The van der Waals surface area contributed by atoms with Crippen molar-refractivity contribution in [3.05, 3.63) is 58.4 Å². The summed E-state index contributed by atoms with van der Waals surface area (Å²) in [5.74, 6) is -0.290. The second-order valence-electron chi connectivity index (χ2n) is 7.49. The average Bonchev–Trinajstić information content (AvgIpc) is 3.12. The Bertz CT molecular complexity index is 1090. The summed E-state index contributed by atoms with van der Waals surface area (Å²) in [7, 11) is 5.77. The first-order valence-corrected chi connectivity index (χ1v) is 9.49. The number of morpholine rings is 1. The van der Waals surface area contributed by atoms with Crippen molar-refractivity contribution in [2.75, 3.05) is 33.8 Å². The molecule has 4 rings (SSSR count). The van der Waals surface area contributed by atoms with Gasteiger partial charge in [0.2, 0.25) is 0 Å². The maximum atomic E-state index is 13.4. The van der Waals surface area contributed by atoms with E-state index >= 15 is 0 Å². The van der Waals surface area contributed by atoms with Gasteiger partial charge in [0.1, 0.15) is 0 Å². The molecule has 1 fully saturated rings. The number of para-hydroxylation sites is 1. The number of aryl methyl sites for hydroxylation is 1. The Morgan fingerprint density at radius 2 is 2.14 bits per heavy atom. The number of nitrogens with zero attached hydrogens (tertiary/aromatic N) is 5. The number of hydrogen-bond donors (Lipinski definition) is 1. The molecule has 0 aliphatic carbocycles. The summed E-state index contributed by atoms with van der Waals surface area (Å²) < 4.78 is 7.71. The van der Waals surface area contributed by atoms with Crippen molar-refractivity contribution in [3.63, 3.8) is 0 Å². The fraction of sp³-hybridized carbons (Fsp3) is 0.400. The molecule has 0 bridgehead atoms. The Labute approximate surface area is 167 Å². The number of carbonyl (C=O) groups excluding carboxylic acids is 1. The number of fused-ring (bicyclic) bond motifs is 1. The van der Waals surface area contributed by atoms with E-state index in [1.54, 1.807) is 40.0 Å². The van der Waals surface area contributed by atoms with Gasteiger partial charge in [-0.25, -0.2) is 4.98 Å². The number of rotatable bonds is 4. The fourth-order valence-corrected chi connectivity index (χ4v) is 3.78. The van der Waals surface area contributed by atoms with Crippen molar-refractivity contribution in [2.24, 2.45) is 7.05 Å². The third-order valence-corrected chi connectivity index (χ3v) is 5.04. The van der Waals surface area contributed by atoms with Gasteiger partial charge in [0.05, 0.1) is 35.9 Å². The molecule has 9 nitrogen and oxygen atoms in total. The molecule has 1 aromatic carbocycles. The quantitative estimate of drug-likeness (QED) is 0.701. The highest BCUT2D eigenvalue weighted by atomic mass is 16.5. The highest BCUT2D eigenvalue weighted by Gasteiger charge is 2.38. The number of ether oxygens (including phenoxy) is 1. The molecule has 1 saturated heterocycles. The van der Waals surface area contributed by atoms with Gasteiger partial charge in [-0.3, -0.25) is 14.3 Å². The van der Waals surface area contributed by atoms with Gasteiger partial charge in [-0.05, 0) is 26.2 Å². The van der Waals surface area contributed by atoms with Crippen LogP contribution in [0.3, 0.4) is 0 Å². The van der Waals surface area contributed by atoms with Gasteiger partial charge in [0.15, 0.2) is 5.82 Å². The Balaban J connectivity index is 1.74. The molecule has 1 aliphatic rings. The SMILES string of the molecule is CN(C)C[C@@H]1OCCN(C(=O)c2nc3ccccc3c(=O)[nH]2)[C@H]1c1cnn(C)c1. The van der Waals surface area contributed by atoms with E-state index in [-0.39, 0.29) is 29.4 Å². The first-order chi connectivity index (χ1) is 13.9. The molecular weight excluding hydrogens is 372 g/mol. The largest absolute Gasteiger partial charge is 0.373 e. The second-order valence-corrected chi connectivity index (χ2v) is 7.49. The summed E-state index contributed by atoms with van der Waals surface area (Å²) in [5, 5.41) is 4.72. The van der Waals surface area contributed by atoms with Crippen LogP contribution in [0.4, 0.5) is 0 Å². The molecule has 1 amide bonds. The lowest BCUT2D eigenvalue weighted by atomic mass is 10.00. The molecule has 2 aromatic heterocycles.